The Morgan fingerprint density at radius 1 is 1.19 bits per heavy atom. The van der Waals surface area contributed by atoms with Crippen LogP contribution in [0.15, 0.2) is 30.3 Å². The summed E-state index contributed by atoms with van der Waals surface area (Å²) in [5.41, 5.74) is 7.83. The molecule has 2 rings (SSSR count). The van der Waals surface area contributed by atoms with Crippen molar-refractivity contribution in [1.82, 2.24) is 4.98 Å². The van der Waals surface area contributed by atoms with E-state index in [0.29, 0.717) is 6.54 Å². The number of thiazole rings is 1. The Morgan fingerprint density at radius 2 is 1.81 bits per heavy atom. The van der Waals surface area contributed by atoms with Crippen LogP contribution in [0.1, 0.15) is 10.6 Å². The van der Waals surface area contributed by atoms with Gasteiger partial charge in [-0.05, 0) is 6.92 Å². The molecule has 0 spiro atoms. The van der Waals surface area contributed by atoms with Gasteiger partial charge in [0.1, 0.15) is 5.01 Å². The SMILES string of the molecule is Cc1nc(-c2ccccc2)sc1CN.Cl.Cl. The third-order valence-electron chi connectivity index (χ3n) is 2.10. The first-order valence-corrected chi connectivity index (χ1v) is 5.34. The molecule has 5 heteroatoms. The molecular weight excluding hydrogens is 263 g/mol. The minimum atomic E-state index is 0. The van der Waals surface area contributed by atoms with Crippen molar-refractivity contribution in [2.75, 3.05) is 0 Å². The highest BCUT2D eigenvalue weighted by Crippen LogP contribution is 2.26. The van der Waals surface area contributed by atoms with Gasteiger partial charge in [0.25, 0.3) is 0 Å². The number of halogens is 2. The van der Waals surface area contributed by atoms with E-state index >= 15 is 0 Å². The molecule has 2 nitrogen and oxygen atoms in total. The molecule has 88 valence electrons. The van der Waals surface area contributed by atoms with Crippen LogP contribution in [-0.4, -0.2) is 4.98 Å². The van der Waals surface area contributed by atoms with E-state index in [-0.39, 0.29) is 24.8 Å². The van der Waals surface area contributed by atoms with Crippen molar-refractivity contribution in [1.29, 1.82) is 0 Å². The van der Waals surface area contributed by atoms with Crippen molar-refractivity contribution in [3.63, 3.8) is 0 Å². The molecule has 0 aliphatic rings. The number of hydrogen-bond donors (Lipinski definition) is 1. The van der Waals surface area contributed by atoms with E-state index in [9.17, 15) is 0 Å². The van der Waals surface area contributed by atoms with E-state index in [1.807, 2.05) is 25.1 Å². The number of nitrogens with two attached hydrogens (primary N) is 1. The Balaban J connectivity index is 0.00000112. The minimum absolute atomic E-state index is 0. The van der Waals surface area contributed by atoms with Gasteiger partial charge in [0.15, 0.2) is 0 Å². The van der Waals surface area contributed by atoms with Crippen LogP contribution in [0.2, 0.25) is 0 Å². The van der Waals surface area contributed by atoms with E-state index in [2.05, 4.69) is 17.1 Å². The summed E-state index contributed by atoms with van der Waals surface area (Å²) in [7, 11) is 0. The molecule has 1 aromatic heterocycles. The molecule has 0 fully saturated rings. The van der Waals surface area contributed by atoms with Crippen LogP contribution in [-0.2, 0) is 6.54 Å². The number of benzene rings is 1. The first-order valence-electron chi connectivity index (χ1n) is 4.53. The largest absolute Gasteiger partial charge is 0.326 e. The Hall–Kier alpha value is -0.610. The maximum absolute atomic E-state index is 5.61. The molecule has 0 radical (unpaired) electrons. The summed E-state index contributed by atoms with van der Waals surface area (Å²) in [6.45, 7) is 2.58. The van der Waals surface area contributed by atoms with Crippen LogP contribution in [0.3, 0.4) is 0 Å². The summed E-state index contributed by atoms with van der Waals surface area (Å²) in [6, 6.07) is 10.2. The third-order valence-corrected chi connectivity index (χ3v) is 3.33. The van der Waals surface area contributed by atoms with Crippen LogP contribution in [0.25, 0.3) is 10.6 Å². The van der Waals surface area contributed by atoms with Gasteiger partial charge in [0.05, 0.1) is 5.69 Å². The van der Waals surface area contributed by atoms with Crippen molar-refractivity contribution in [3.05, 3.63) is 40.9 Å². The molecule has 0 atom stereocenters. The van der Waals surface area contributed by atoms with Gasteiger partial charge < -0.3 is 5.73 Å². The Morgan fingerprint density at radius 3 is 2.31 bits per heavy atom. The highest BCUT2D eigenvalue weighted by molar-refractivity contribution is 7.15. The van der Waals surface area contributed by atoms with Gasteiger partial charge >= 0.3 is 0 Å². The van der Waals surface area contributed by atoms with Gasteiger partial charge in [-0.3, -0.25) is 0 Å². The van der Waals surface area contributed by atoms with Gasteiger partial charge in [0.2, 0.25) is 0 Å². The second kappa shape index (κ2) is 6.86. The molecule has 1 aromatic carbocycles. The zero-order valence-electron chi connectivity index (χ0n) is 8.84. The van der Waals surface area contributed by atoms with Gasteiger partial charge in [-0.1, -0.05) is 30.3 Å². The molecule has 0 amide bonds. The molecule has 0 unspecified atom stereocenters. The summed E-state index contributed by atoms with van der Waals surface area (Å²) in [6.07, 6.45) is 0. The standard InChI is InChI=1S/C11H12N2S.2ClH/c1-8-10(7-12)14-11(13-8)9-5-3-2-4-6-9;;/h2-6H,7,12H2,1H3;2*1H. The van der Waals surface area contributed by atoms with Crippen LogP contribution < -0.4 is 5.73 Å². The van der Waals surface area contributed by atoms with Crippen molar-refractivity contribution >= 4 is 36.2 Å². The van der Waals surface area contributed by atoms with Crippen molar-refractivity contribution in [2.24, 2.45) is 5.73 Å². The zero-order valence-corrected chi connectivity index (χ0v) is 11.3. The lowest BCUT2D eigenvalue weighted by atomic mass is 10.2. The molecule has 16 heavy (non-hydrogen) atoms. The molecule has 0 aliphatic heterocycles. The van der Waals surface area contributed by atoms with Crippen LogP contribution in [0, 0.1) is 6.92 Å². The Bertz CT molecular complexity index is 429. The number of aryl methyl sites for hydroxylation is 1. The van der Waals surface area contributed by atoms with E-state index in [0.717, 1.165) is 10.7 Å². The summed E-state index contributed by atoms with van der Waals surface area (Å²) in [4.78, 5) is 5.66. The fraction of sp³-hybridized carbons (Fsp3) is 0.182. The highest BCUT2D eigenvalue weighted by Gasteiger charge is 2.06. The van der Waals surface area contributed by atoms with Crippen LogP contribution >= 0.6 is 36.2 Å². The fourth-order valence-corrected chi connectivity index (χ4v) is 2.27. The summed E-state index contributed by atoms with van der Waals surface area (Å²) in [5, 5.41) is 1.06. The monoisotopic (exact) mass is 276 g/mol. The summed E-state index contributed by atoms with van der Waals surface area (Å²) >= 11 is 1.68. The topological polar surface area (TPSA) is 38.9 Å². The van der Waals surface area contributed by atoms with Crippen molar-refractivity contribution in [2.45, 2.75) is 13.5 Å². The molecule has 2 aromatic rings. The molecule has 0 saturated heterocycles. The minimum Gasteiger partial charge on any atom is -0.326 e. The number of rotatable bonds is 2. The lowest BCUT2D eigenvalue weighted by molar-refractivity contribution is 1.06. The van der Waals surface area contributed by atoms with Gasteiger partial charge in [-0.25, -0.2) is 4.98 Å². The van der Waals surface area contributed by atoms with E-state index in [1.165, 1.54) is 10.4 Å². The average molecular weight is 277 g/mol. The third kappa shape index (κ3) is 3.19. The lowest BCUT2D eigenvalue weighted by Gasteiger charge is -1.92. The summed E-state index contributed by atoms with van der Waals surface area (Å²) in [5.74, 6) is 0. The Labute approximate surface area is 112 Å². The predicted molar refractivity (Wildman–Crippen MR) is 74.7 cm³/mol. The highest BCUT2D eigenvalue weighted by atomic mass is 35.5. The number of aromatic nitrogens is 1. The first kappa shape index (κ1) is 15.4. The molecule has 2 N–H and O–H groups in total. The first-order chi connectivity index (χ1) is 6.81. The van der Waals surface area contributed by atoms with Crippen LogP contribution in [0.4, 0.5) is 0 Å². The molecule has 0 aliphatic carbocycles. The molecular formula is C11H14Cl2N2S. The Kier molecular flexibility index (Phi) is 6.60. The van der Waals surface area contributed by atoms with Crippen LogP contribution in [0.5, 0.6) is 0 Å². The fourth-order valence-electron chi connectivity index (χ4n) is 1.32. The van der Waals surface area contributed by atoms with Crippen molar-refractivity contribution in [3.8, 4) is 10.6 Å². The van der Waals surface area contributed by atoms with E-state index in [4.69, 9.17) is 5.73 Å². The smallest absolute Gasteiger partial charge is 0.123 e. The van der Waals surface area contributed by atoms with Crippen molar-refractivity contribution < 1.29 is 0 Å². The summed E-state index contributed by atoms with van der Waals surface area (Å²) < 4.78 is 0. The normalized spacial score (nSPS) is 9.12. The number of hydrogen-bond acceptors (Lipinski definition) is 3. The van der Waals surface area contributed by atoms with Gasteiger partial charge in [0, 0.05) is 17.0 Å². The lowest BCUT2D eigenvalue weighted by Crippen LogP contribution is -1.94. The predicted octanol–water partition coefficient (Wildman–Crippen LogP) is 3.42. The van der Waals surface area contributed by atoms with Gasteiger partial charge in [-0.2, -0.15) is 0 Å². The second-order valence-corrected chi connectivity index (χ2v) is 4.18. The van der Waals surface area contributed by atoms with Gasteiger partial charge in [-0.15, -0.1) is 36.2 Å². The van der Waals surface area contributed by atoms with E-state index < -0.39 is 0 Å². The van der Waals surface area contributed by atoms with E-state index in [1.54, 1.807) is 11.3 Å². The maximum Gasteiger partial charge on any atom is 0.123 e. The maximum atomic E-state index is 5.61. The quantitative estimate of drug-likeness (QED) is 0.913. The average Bonchev–Trinajstić information content (AvgIpc) is 2.61. The molecule has 0 bridgehead atoms. The zero-order chi connectivity index (χ0) is 9.97. The molecule has 1 heterocycles. The number of nitrogens with zero attached hydrogens (tertiary/aromatic N) is 1. The molecule has 0 saturated carbocycles. The second-order valence-electron chi connectivity index (χ2n) is 3.10.